The summed E-state index contributed by atoms with van der Waals surface area (Å²) in [4.78, 5) is 30.5. The molecule has 0 aromatic carbocycles. The van der Waals surface area contributed by atoms with Gasteiger partial charge < -0.3 is 9.72 Å². The van der Waals surface area contributed by atoms with Gasteiger partial charge in [-0.15, -0.1) is 0 Å². The zero-order valence-corrected chi connectivity index (χ0v) is 11.5. The Kier molecular flexibility index (Phi) is 3.38. The molecule has 0 unspecified atom stereocenters. The number of rotatable bonds is 2. The molecule has 0 aliphatic rings. The first-order valence-corrected chi connectivity index (χ1v) is 6.03. The molecule has 2 aromatic rings. The van der Waals surface area contributed by atoms with E-state index in [1.807, 2.05) is 13.8 Å². The van der Waals surface area contributed by atoms with Crippen molar-refractivity contribution in [3.63, 3.8) is 0 Å². The van der Waals surface area contributed by atoms with E-state index in [0.717, 1.165) is 11.3 Å². The molecule has 0 amide bonds. The molecule has 0 spiro atoms. The minimum Gasteiger partial charge on any atom is -0.459 e. The average Bonchev–Trinajstić information content (AvgIpc) is 2.33. The number of aromatic nitrogens is 2. The Bertz CT molecular complexity index is 717. The first kappa shape index (κ1) is 13.3. The van der Waals surface area contributed by atoms with Crippen molar-refractivity contribution in [2.75, 3.05) is 0 Å². The summed E-state index contributed by atoms with van der Waals surface area (Å²) in [6.45, 7) is 6.95. The quantitative estimate of drug-likeness (QED) is 0.837. The minimum absolute atomic E-state index is 0.00436. The molecule has 0 bridgehead atoms. The monoisotopic (exact) mass is 260 g/mol. The van der Waals surface area contributed by atoms with Gasteiger partial charge in [0.05, 0.1) is 11.1 Å². The van der Waals surface area contributed by atoms with Crippen molar-refractivity contribution in [3.8, 4) is 0 Å². The van der Waals surface area contributed by atoms with E-state index >= 15 is 0 Å². The number of esters is 1. The average molecular weight is 260 g/mol. The highest BCUT2D eigenvalue weighted by atomic mass is 16.5. The van der Waals surface area contributed by atoms with Crippen LogP contribution >= 0.6 is 0 Å². The molecular formula is C14H16N2O3. The Morgan fingerprint density at radius 1 is 1.37 bits per heavy atom. The van der Waals surface area contributed by atoms with Crippen LogP contribution < -0.4 is 5.43 Å². The van der Waals surface area contributed by atoms with Gasteiger partial charge in [0, 0.05) is 18.2 Å². The molecule has 0 aliphatic heterocycles. The van der Waals surface area contributed by atoms with Gasteiger partial charge in [-0.2, -0.15) is 0 Å². The van der Waals surface area contributed by atoms with Crippen LogP contribution in [0, 0.1) is 20.8 Å². The highest BCUT2D eigenvalue weighted by Crippen LogP contribution is 2.15. The number of carbonyl (C=O) groups excluding carboxylic acids is 1. The summed E-state index contributed by atoms with van der Waals surface area (Å²) in [5.74, 6) is -0.354. The molecule has 0 atom stereocenters. The number of fused-ring (bicyclic) bond motifs is 1. The number of hydrogen-bond donors (Lipinski definition) is 1. The van der Waals surface area contributed by atoms with E-state index in [4.69, 9.17) is 4.74 Å². The fourth-order valence-corrected chi connectivity index (χ4v) is 2.00. The van der Waals surface area contributed by atoms with E-state index < -0.39 is 0 Å². The zero-order chi connectivity index (χ0) is 14.2. The second-order valence-electron chi connectivity index (χ2n) is 4.64. The van der Waals surface area contributed by atoms with E-state index in [-0.39, 0.29) is 18.0 Å². The molecule has 100 valence electrons. The molecule has 5 heteroatoms. The highest BCUT2D eigenvalue weighted by molar-refractivity contribution is 5.79. The molecule has 0 aliphatic carbocycles. The van der Waals surface area contributed by atoms with E-state index in [9.17, 15) is 9.59 Å². The van der Waals surface area contributed by atoms with Crippen LogP contribution in [0.25, 0.3) is 11.0 Å². The van der Waals surface area contributed by atoms with Gasteiger partial charge in [0.25, 0.3) is 0 Å². The first-order valence-electron chi connectivity index (χ1n) is 6.03. The molecular weight excluding hydrogens is 244 g/mol. The number of aryl methyl sites for hydroxylation is 2. The van der Waals surface area contributed by atoms with Crippen LogP contribution in [-0.4, -0.2) is 15.9 Å². The lowest BCUT2D eigenvalue weighted by molar-refractivity contribution is -0.142. The second kappa shape index (κ2) is 4.84. The normalized spacial score (nSPS) is 10.7. The largest absolute Gasteiger partial charge is 0.459 e. The van der Waals surface area contributed by atoms with Gasteiger partial charge in [-0.25, -0.2) is 4.98 Å². The summed E-state index contributed by atoms with van der Waals surface area (Å²) in [6, 6.07) is 1.77. The topological polar surface area (TPSA) is 72.1 Å². The van der Waals surface area contributed by atoms with Crippen molar-refractivity contribution < 1.29 is 9.53 Å². The van der Waals surface area contributed by atoms with Gasteiger partial charge in [0.1, 0.15) is 12.3 Å². The van der Waals surface area contributed by atoms with Crippen molar-refractivity contribution >= 4 is 17.0 Å². The fraction of sp³-hybridized carbons (Fsp3) is 0.357. The smallest absolute Gasteiger partial charge is 0.303 e. The number of nitrogens with one attached hydrogen (secondary N) is 1. The summed E-state index contributed by atoms with van der Waals surface area (Å²) in [7, 11) is 0. The summed E-state index contributed by atoms with van der Waals surface area (Å²) in [5.41, 5.74) is 3.49. The zero-order valence-electron chi connectivity index (χ0n) is 11.5. The predicted molar refractivity (Wildman–Crippen MR) is 72.0 cm³/mol. The number of pyridine rings is 2. The lowest BCUT2D eigenvalue weighted by atomic mass is 10.1. The van der Waals surface area contributed by atoms with Crippen molar-refractivity contribution in [1.29, 1.82) is 0 Å². The van der Waals surface area contributed by atoms with Crippen LogP contribution in [0.1, 0.15) is 29.4 Å². The van der Waals surface area contributed by atoms with Crippen molar-refractivity contribution in [2.24, 2.45) is 0 Å². The number of carbonyl (C=O) groups is 1. The van der Waals surface area contributed by atoms with Crippen LogP contribution in [-0.2, 0) is 16.1 Å². The van der Waals surface area contributed by atoms with E-state index in [1.165, 1.54) is 6.92 Å². The Morgan fingerprint density at radius 2 is 2.05 bits per heavy atom. The van der Waals surface area contributed by atoms with Crippen LogP contribution in [0.3, 0.4) is 0 Å². The molecule has 0 fully saturated rings. The van der Waals surface area contributed by atoms with Crippen molar-refractivity contribution in [2.45, 2.75) is 34.3 Å². The fourth-order valence-electron chi connectivity index (χ4n) is 2.00. The molecule has 1 N–H and O–H groups in total. The summed E-state index contributed by atoms with van der Waals surface area (Å²) < 4.78 is 4.92. The Labute approximate surface area is 110 Å². The van der Waals surface area contributed by atoms with E-state index in [2.05, 4.69) is 9.97 Å². The van der Waals surface area contributed by atoms with Gasteiger partial charge in [-0.05, 0) is 32.4 Å². The van der Waals surface area contributed by atoms with Gasteiger partial charge in [-0.1, -0.05) is 0 Å². The number of nitrogens with zero attached hydrogens (tertiary/aromatic N) is 1. The van der Waals surface area contributed by atoms with Gasteiger partial charge >= 0.3 is 5.97 Å². The molecule has 0 radical (unpaired) electrons. The summed E-state index contributed by atoms with van der Waals surface area (Å²) in [5, 5.41) is 0.592. The first-order chi connectivity index (χ1) is 8.90. The molecule has 19 heavy (non-hydrogen) atoms. The number of hydrogen-bond acceptors (Lipinski definition) is 4. The Morgan fingerprint density at radius 3 is 2.68 bits per heavy atom. The Hall–Kier alpha value is -2.17. The molecule has 2 rings (SSSR count). The summed E-state index contributed by atoms with van der Waals surface area (Å²) in [6.07, 6.45) is 0. The van der Waals surface area contributed by atoms with Gasteiger partial charge in [-0.3, -0.25) is 9.59 Å². The molecule has 0 saturated heterocycles. The van der Waals surface area contributed by atoms with Crippen LogP contribution in [0.4, 0.5) is 0 Å². The van der Waals surface area contributed by atoms with E-state index in [1.54, 1.807) is 13.0 Å². The second-order valence-corrected chi connectivity index (χ2v) is 4.64. The maximum absolute atomic E-state index is 12.2. The van der Waals surface area contributed by atoms with Crippen molar-refractivity contribution in [1.82, 2.24) is 9.97 Å². The standard InChI is InChI=1S/C14H16N2O3/c1-7-5-11(6-19-10(4)17)16-14-12(7)13(18)8(2)9(3)15-14/h5H,6H2,1-4H3,(H,15,16,18). The molecule has 5 nitrogen and oxygen atoms in total. The van der Waals surface area contributed by atoms with Crippen LogP contribution in [0.15, 0.2) is 10.9 Å². The van der Waals surface area contributed by atoms with Gasteiger partial charge in [0.2, 0.25) is 0 Å². The van der Waals surface area contributed by atoms with Crippen molar-refractivity contribution in [3.05, 3.63) is 38.8 Å². The SMILES string of the molecule is CC(=O)OCc1cc(C)c2c(=O)c(C)c(C)[nH]c2n1. The third-order valence-electron chi connectivity index (χ3n) is 3.13. The molecule has 2 heterocycles. The lowest BCUT2D eigenvalue weighted by Crippen LogP contribution is -2.13. The maximum Gasteiger partial charge on any atom is 0.303 e. The third kappa shape index (κ3) is 2.50. The van der Waals surface area contributed by atoms with Crippen LogP contribution in [0.2, 0.25) is 0 Å². The highest BCUT2D eigenvalue weighted by Gasteiger charge is 2.11. The Balaban J connectivity index is 2.61. The predicted octanol–water partition coefficient (Wildman–Crippen LogP) is 1.91. The molecule has 0 saturated carbocycles. The minimum atomic E-state index is -0.354. The number of aromatic amines is 1. The number of ether oxygens (including phenoxy) is 1. The maximum atomic E-state index is 12.2. The van der Waals surface area contributed by atoms with E-state index in [0.29, 0.717) is 22.3 Å². The van der Waals surface area contributed by atoms with Gasteiger partial charge in [0.15, 0.2) is 5.43 Å². The summed E-state index contributed by atoms with van der Waals surface area (Å²) >= 11 is 0. The third-order valence-corrected chi connectivity index (χ3v) is 3.13. The molecule has 2 aromatic heterocycles. The lowest BCUT2D eigenvalue weighted by Gasteiger charge is -2.08. The number of H-pyrrole nitrogens is 1. The van der Waals surface area contributed by atoms with Crippen LogP contribution in [0.5, 0.6) is 0 Å².